The number of carbonyl (C=O) groups is 2. The lowest BCUT2D eigenvalue weighted by atomic mass is 10.1. The molecule has 0 spiro atoms. The van der Waals surface area contributed by atoms with Crippen LogP contribution in [0.5, 0.6) is 17.2 Å². The van der Waals surface area contributed by atoms with E-state index in [0.717, 1.165) is 0 Å². The van der Waals surface area contributed by atoms with Gasteiger partial charge in [0.15, 0.2) is 11.5 Å². The average Bonchev–Trinajstić information content (AvgIpc) is 3.02. The molecule has 8 heteroatoms. The summed E-state index contributed by atoms with van der Waals surface area (Å²) in [5.41, 5.74) is 0.179. The summed E-state index contributed by atoms with van der Waals surface area (Å²) in [7, 11) is 4.32. The molecule has 1 aromatic heterocycles. The molecule has 1 aromatic carbocycles. The first-order valence-corrected chi connectivity index (χ1v) is 6.44. The fourth-order valence-corrected chi connectivity index (χ4v) is 1.91. The largest absolute Gasteiger partial charge is 0.496 e. The molecule has 2 rings (SSSR count). The molecule has 1 amide bonds. The van der Waals surface area contributed by atoms with E-state index in [1.54, 1.807) is 0 Å². The van der Waals surface area contributed by atoms with Crippen LogP contribution in [0.1, 0.15) is 20.9 Å². The van der Waals surface area contributed by atoms with Gasteiger partial charge in [-0.25, -0.2) is 4.79 Å². The molecule has 0 radical (unpaired) electrons. The van der Waals surface area contributed by atoms with Crippen LogP contribution in [-0.4, -0.2) is 38.3 Å². The third-order valence-electron chi connectivity index (χ3n) is 3.00. The van der Waals surface area contributed by atoms with Gasteiger partial charge in [0, 0.05) is 18.2 Å². The van der Waals surface area contributed by atoms with Crippen LogP contribution in [0, 0.1) is 0 Å². The van der Waals surface area contributed by atoms with Gasteiger partial charge in [-0.2, -0.15) is 0 Å². The Bertz CT molecular complexity index is 735. The molecule has 0 aliphatic carbocycles. The molecule has 0 saturated heterocycles. The quantitative estimate of drug-likeness (QED) is 0.840. The van der Waals surface area contributed by atoms with Crippen LogP contribution in [0.3, 0.4) is 0 Å². The summed E-state index contributed by atoms with van der Waals surface area (Å²) in [6, 6.07) is 5.55. The molecule has 0 fully saturated rings. The summed E-state index contributed by atoms with van der Waals surface area (Å²) in [5, 5.41) is 11.3. The molecule has 2 aromatic rings. The number of furan rings is 1. The van der Waals surface area contributed by atoms with Crippen molar-refractivity contribution in [3.05, 3.63) is 35.6 Å². The zero-order valence-electron chi connectivity index (χ0n) is 12.7. The monoisotopic (exact) mass is 321 g/mol. The first-order chi connectivity index (χ1) is 11.0. The van der Waals surface area contributed by atoms with E-state index in [2.05, 4.69) is 5.32 Å². The van der Waals surface area contributed by atoms with Crippen LogP contribution in [0.15, 0.2) is 28.7 Å². The maximum atomic E-state index is 12.3. The van der Waals surface area contributed by atoms with Crippen molar-refractivity contribution in [2.45, 2.75) is 0 Å². The number of benzene rings is 1. The van der Waals surface area contributed by atoms with Crippen molar-refractivity contribution in [3.8, 4) is 17.2 Å². The molecule has 122 valence electrons. The number of carbonyl (C=O) groups excluding carboxylic acids is 1. The molecule has 0 aliphatic heterocycles. The molecule has 2 N–H and O–H groups in total. The van der Waals surface area contributed by atoms with Gasteiger partial charge in [0.1, 0.15) is 5.75 Å². The van der Waals surface area contributed by atoms with E-state index in [1.807, 2.05) is 0 Å². The fourth-order valence-electron chi connectivity index (χ4n) is 1.91. The van der Waals surface area contributed by atoms with Crippen molar-refractivity contribution < 1.29 is 33.3 Å². The van der Waals surface area contributed by atoms with Gasteiger partial charge >= 0.3 is 5.97 Å². The van der Waals surface area contributed by atoms with E-state index < -0.39 is 11.9 Å². The lowest BCUT2D eigenvalue weighted by Gasteiger charge is -2.13. The van der Waals surface area contributed by atoms with E-state index in [1.165, 1.54) is 45.6 Å². The molecule has 8 nitrogen and oxygen atoms in total. The second-order valence-electron chi connectivity index (χ2n) is 4.33. The minimum atomic E-state index is -1.23. The molecule has 23 heavy (non-hydrogen) atoms. The van der Waals surface area contributed by atoms with Gasteiger partial charge in [-0.1, -0.05) is 0 Å². The van der Waals surface area contributed by atoms with E-state index in [-0.39, 0.29) is 23.0 Å². The number of nitrogens with one attached hydrogen (secondary N) is 1. The SMILES string of the molecule is COc1cc(OC)c(C(=O)Nc2ccc(C(=O)O)o2)cc1OC. The Morgan fingerprint density at radius 1 is 1.00 bits per heavy atom. The summed E-state index contributed by atoms with van der Waals surface area (Å²) in [4.78, 5) is 23.1. The van der Waals surface area contributed by atoms with E-state index >= 15 is 0 Å². The van der Waals surface area contributed by atoms with Crippen LogP contribution in [0.4, 0.5) is 5.88 Å². The van der Waals surface area contributed by atoms with Gasteiger partial charge in [-0.15, -0.1) is 0 Å². The maximum absolute atomic E-state index is 12.3. The van der Waals surface area contributed by atoms with Crippen molar-refractivity contribution in [2.75, 3.05) is 26.6 Å². The fraction of sp³-hybridized carbons (Fsp3) is 0.200. The average molecular weight is 321 g/mol. The minimum absolute atomic E-state index is 0.00392. The molecule has 0 atom stereocenters. The predicted molar refractivity (Wildman–Crippen MR) is 79.7 cm³/mol. The number of hydrogen-bond acceptors (Lipinski definition) is 6. The van der Waals surface area contributed by atoms with Crippen LogP contribution in [0.2, 0.25) is 0 Å². The first-order valence-electron chi connectivity index (χ1n) is 6.44. The number of carboxylic acid groups (broad SMARTS) is 1. The Kier molecular flexibility index (Phi) is 4.75. The van der Waals surface area contributed by atoms with E-state index in [9.17, 15) is 9.59 Å². The van der Waals surface area contributed by atoms with Crippen molar-refractivity contribution >= 4 is 17.8 Å². The summed E-state index contributed by atoms with van der Waals surface area (Å²) < 4.78 is 20.4. The van der Waals surface area contributed by atoms with Crippen LogP contribution >= 0.6 is 0 Å². The lowest BCUT2D eigenvalue weighted by Crippen LogP contribution is -2.13. The molecular weight excluding hydrogens is 306 g/mol. The lowest BCUT2D eigenvalue weighted by molar-refractivity contribution is 0.0662. The van der Waals surface area contributed by atoms with Gasteiger partial charge < -0.3 is 23.7 Å². The highest BCUT2D eigenvalue weighted by atomic mass is 16.5. The van der Waals surface area contributed by atoms with Gasteiger partial charge in [0.05, 0.1) is 26.9 Å². The number of aromatic carboxylic acids is 1. The van der Waals surface area contributed by atoms with Crippen molar-refractivity contribution in [1.29, 1.82) is 0 Å². The van der Waals surface area contributed by atoms with Crippen LogP contribution in [0.25, 0.3) is 0 Å². The molecular formula is C15H15NO7. The zero-order chi connectivity index (χ0) is 17.0. The molecule has 0 bridgehead atoms. The first kappa shape index (κ1) is 16.2. The number of rotatable bonds is 6. The van der Waals surface area contributed by atoms with Crippen LogP contribution in [-0.2, 0) is 0 Å². The Labute approximate surface area is 131 Å². The number of anilines is 1. The van der Waals surface area contributed by atoms with Crippen LogP contribution < -0.4 is 19.5 Å². The molecule has 0 aliphatic rings. The second kappa shape index (κ2) is 6.73. The number of ether oxygens (including phenoxy) is 3. The maximum Gasteiger partial charge on any atom is 0.371 e. The highest BCUT2D eigenvalue weighted by Gasteiger charge is 2.19. The Balaban J connectivity index is 2.31. The van der Waals surface area contributed by atoms with Crippen molar-refractivity contribution in [1.82, 2.24) is 0 Å². The minimum Gasteiger partial charge on any atom is -0.496 e. The van der Waals surface area contributed by atoms with Gasteiger partial charge in [-0.3, -0.25) is 10.1 Å². The highest BCUT2D eigenvalue weighted by Crippen LogP contribution is 2.35. The second-order valence-corrected chi connectivity index (χ2v) is 4.33. The Hall–Kier alpha value is -3.16. The zero-order valence-corrected chi connectivity index (χ0v) is 12.7. The smallest absolute Gasteiger partial charge is 0.371 e. The summed E-state index contributed by atoms with van der Waals surface area (Å²) >= 11 is 0. The van der Waals surface area contributed by atoms with Gasteiger partial charge in [0.2, 0.25) is 11.6 Å². The highest BCUT2D eigenvalue weighted by molar-refractivity contribution is 6.06. The molecule has 0 unspecified atom stereocenters. The molecule has 0 saturated carbocycles. The Morgan fingerprint density at radius 2 is 1.61 bits per heavy atom. The summed E-state index contributed by atoms with van der Waals surface area (Å²) in [5.74, 6) is -1.02. The van der Waals surface area contributed by atoms with E-state index in [4.69, 9.17) is 23.7 Å². The predicted octanol–water partition coefficient (Wildman–Crippen LogP) is 2.26. The van der Waals surface area contributed by atoms with Gasteiger partial charge in [0.25, 0.3) is 5.91 Å². The number of hydrogen-bond donors (Lipinski definition) is 2. The van der Waals surface area contributed by atoms with E-state index in [0.29, 0.717) is 11.5 Å². The topological polar surface area (TPSA) is 107 Å². The van der Waals surface area contributed by atoms with Gasteiger partial charge in [-0.05, 0) is 6.07 Å². The van der Waals surface area contributed by atoms with Crippen molar-refractivity contribution in [3.63, 3.8) is 0 Å². The Morgan fingerprint density at radius 3 is 2.13 bits per heavy atom. The normalized spacial score (nSPS) is 10.0. The number of amides is 1. The van der Waals surface area contributed by atoms with Crippen molar-refractivity contribution in [2.24, 2.45) is 0 Å². The summed E-state index contributed by atoms with van der Waals surface area (Å²) in [6.07, 6.45) is 0. The summed E-state index contributed by atoms with van der Waals surface area (Å²) in [6.45, 7) is 0. The third kappa shape index (κ3) is 3.37. The number of carboxylic acids is 1. The third-order valence-corrected chi connectivity index (χ3v) is 3.00. The number of methoxy groups -OCH3 is 3. The standard InChI is InChI=1S/C15H15NO7/c1-20-10-7-12(22-3)11(21-2)6-8(10)14(17)16-13-5-4-9(23-13)15(18)19/h4-7H,1-3H3,(H,16,17)(H,18,19). The molecule has 1 heterocycles.